The number of benzene rings is 1. The Hall–Kier alpha value is -1.86. The Morgan fingerprint density at radius 3 is 2.77 bits per heavy atom. The summed E-state index contributed by atoms with van der Waals surface area (Å²) in [6, 6.07) is 7.80. The highest BCUT2D eigenvalue weighted by atomic mass is 32.2. The van der Waals surface area contributed by atoms with Crippen LogP contribution in [0.25, 0.3) is 11.5 Å². The van der Waals surface area contributed by atoms with E-state index in [2.05, 4.69) is 15.5 Å². The first-order valence-electron chi connectivity index (χ1n) is 6.90. The molecule has 1 N–H and O–H groups in total. The van der Waals surface area contributed by atoms with Gasteiger partial charge >= 0.3 is 0 Å². The van der Waals surface area contributed by atoms with Gasteiger partial charge in [0, 0.05) is 18.7 Å². The maximum absolute atomic E-state index is 11.7. The van der Waals surface area contributed by atoms with E-state index < -0.39 is 0 Å². The molecule has 0 aliphatic carbocycles. The molecule has 6 nitrogen and oxygen atoms in total. The Bertz CT molecular complexity index is 613. The van der Waals surface area contributed by atoms with E-state index >= 15 is 0 Å². The van der Waals surface area contributed by atoms with Crippen LogP contribution in [-0.4, -0.2) is 41.6 Å². The first kappa shape index (κ1) is 16.5. The largest absolute Gasteiger partial charge is 0.411 e. The number of nitrogens with zero attached hydrogens (tertiary/aromatic N) is 2. The molecule has 0 spiro atoms. The minimum atomic E-state index is -0.0929. The summed E-state index contributed by atoms with van der Waals surface area (Å²) >= 11 is 1.21. The number of ether oxygens (including phenoxy) is 1. The topological polar surface area (TPSA) is 77.2 Å². The van der Waals surface area contributed by atoms with Crippen molar-refractivity contribution in [3.8, 4) is 11.5 Å². The van der Waals surface area contributed by atoms with Gasteiger partial charge in [0.1, 0.15) is 0 Å². The number of aryl methyl sites for hydroxylation is 1. The highest BCUT2D eigenvalue weighted by molar-refractivity contribution is 7.99. The van der Waals surface area contributed by atoms with Crippen LogP contribution in [0.2, 0.25) is 0 Å². The van der Waals surface area contributed by atoms with Crippen LogP contribution in [0.15, 0.2) is 33.9 Å². The number of hydrogen-bond acceptors (Lipinski definition) is 6. The Labute approximate surface area is 133 Å². The molecule has 2 rings (SSSR count). The van der Waals surface area contributed by atoms with Crippen LogP contribution in [0.1, 0.15) is 12.5 Å². The molecule has 2 aromatic rings. The van der Waals surface area contributed by atoms with Gasteiger partial charge in [0.25, 0.3) is 5.22 Å². The minimum absolute atomic E-state index is 0.0242. The fourth-order valence-electron chi connectivity index (χ4n) is 1.82. The van der Waals surface area contributed by atoms with Crippen molar-refractivity contribution in [2.45, 2.75) is 25.1 Å². The van der Waals surface area contributed by atoms with Crippen molar-refractivity contribution in [1.82, 2.24) is 15.5 Å². The fourth-order valence-corrected chi connectivity index (χ4v) is 2.39. The van der Waals surface area contributed by atoms with E-state index in [-0.39, 0.29) is 17.7 Å². The number of hydrogen-bond donors (Lipinski definition) is 1. The third-order valence-electron chi connectivity index (χ3n) is 2.86. The van der Waals surface area contributed by atoms with E-state index in [1.807, 2.05) is 38.1 Å². The van der Waals surface area contributed by atoms with Crippen LogP contribution in [0.5, 0.6) is 0 Å². The second-order valence-corrected chi connectivity index (χ2v) is 5.88. The summed E-state index contributed by atoms with van der Waals surface area (Å²) in [5, 5.41) is 11.1. The molecule has 0 aliphatic rings. The number of nitrogens with one attached hydrogen (secondary N) is 1. The SMILES string of the molecule is COCC(C)NC(=O)CSc1nnc(-c2ccc(C)cc2)o1. The van der Waals surface area contributed by atoms with E-state index in [4.69, 9.17) is 9.15 Å². The van der Waals surface area contributed by atoms with Crippen LogP contribution in [0.3, 0.4) is 0 Å². The quantitative estimate of drug-likeness (QED) is 0.788. The smallest absolute Gasteiger partial charge is 0.277 e. The average Bonchev–Trinajstić information content (AvgIpc) is 2.95. The van der Waals surface area contributed by atoms with Crippen LogP contribution in [-0.2, 0) is 9.53 Å². The number of carbonyl (C=O) groups is 1. The highest BCUT2D eigenvalue weighted by Gasteiger charge is 2.12. The standard InChI is InChI=1S/C15H19N3O3S/c1-10-4-6-12(7-5-10)14-17-18-15(21-14)22-9-13(19)16-11(2)8-20-3/h4-7,11H,8-9H2,1-3H3,(H,16,19). The van der Waals surface area contributed by atoms with E-state index in [1.165, 1.54) is 17.3 Å². The zero-order valence-electron chi connectivity index (χ0n) is 12.8. The van der Waals surface area contributed by atoms with Gasteiger partial charge in [-0.1, -0.05) is 29.5 Å². The summed E-state index contributed by atoms with van der Waals surface area (Å²) in [6.07, 6.45) is 0. The van der Waals surface area contributed by atoms with Crippen LogP contribution in [0.4, 0.5) is 0 Å². The van der Waals surface area contributed by atoms with Crippen LogP contribution < -0.4 is 5.32 Å². The van der Waals surface area contributed by atoms with E-state index in [1.54, 1.807) is 7.11 Å². The molecule has 1 aromatic carbocycles. The number of amides is 1. The van der Waals surface area contributed by atoms with Gasteiger partial charge in [-0.15, -0.1) is 10.2 Å². The Kier molecular flexibility index (Phi) is 5.97. The molecule has 118 valence electrons. The molecular formula is C15H19N3O3S. The molecule has 1 heterocycles. The summed E-state index contributed by atoms with van der Waals surface area (Å²) in [5.74, 6) is 0.587. The van der Waals surface area contributed by atoms with Gasteiger partial charge in [-0.25, -0.2) is 0 Å². The van der Waals surface area contributed by atoms with Gasteiger partial charge in [-0.2, -0.15) is 0 Å². The van der Waals surface area contributed by atoms with E-state index in [0.717, 1.165) is 5.56 Å². The predicted molar refractivity (Wildman–Crippen MR) is 84.7 cm³/mol. The zero-order valence-corrected chi connectivity index (χ0v) is 13.6. The Morgan fingerprint density at radius 2 is 2.09 bits per heavy atom. The van der Waals surface area contributed by atoms with Gasteiger partial charge in [0.15, 0.2) is 0 Å². The second-order valence-electron chi connectivity index (χ2n) is 4.95. The second kappa shape index (κ2) is 7.95. The van der Waals surface area contributed by atoms with Gasteiger partial charge in [0.2, 0.25) is 11.8 Å². The summed E-state index contributed by atoms with van der Waals surface area (Å²) in [4.78, 5) is 11.7. The number of carbonyl (C=O) groups excluding carboxylic acids is 1. The molecule has 1 amide bonds. The van der Waals surface area contributed by atoms with Gasteiger partial charge < -0.3 is 14.5 Å². The molecule has 7 heteroatoms. The maximum atomic E-state index is 11.7. The normalized spacial score (nSPS) is 12.1. The molecule has 1 unspecified atom stereocenters. The average molecular weight is 321 g/mol. The monoisotopic (exact) mass is 321 g/mol. The van der Waals surface area contributed by atoms with Gasteiger partial charge in [-0.3, -0.25) is 4.79 Å². The van der Waals surface area contributed by atoms with Crippen molar-refractivity contribution in [2.75, 3.05) is 19.5 Å². The molecule has 0 saturated carbocycles. The summed E-state index contributed by atoms with van der Waals surface area (Å²) in [6.45, 7) is 4.38. The molecule has 0 saturated heterocycles. The fraction of sp³-hybridized carbons (Fsp3) is 0.400. The first-order chi connectivity index (χ1) is 10.6. The summed E-state index contributed by atoms with van der Waals surface area (Å²) < 4.78 is 10.5. The lowest BCUT2D eigenvalue weighted by Crippen LogP contribution is -2.36. The maximum Gasteiger partial charge on any atom is 0.277 e. The van der Waals surface area contributed by atoms with Crippen molar-refractivity contribution in [3.63, 3.8) is 0 Å². The summed E-state index contributed by atoms with van der Waals surface area (Å²) in [7, 11) is 1.60. The minimum Gasteiger partial charge on any atom is -0.411 e. The molecule has 0 fully saturated rings. The van der Waals surface area contributed by atoms with Crippen molar-refractivity contribution in [2.24, 2.45) is 0 Å². The lowest BCUT2D eigenvalue weighted by atomic mass is 10.1. The number of rotatable bonds is 7. The Morgan fingerprint density at radius 1 is 1.36 bits per heavy atom. The molecule has 1 aromatic heterocycles. The summed E-state index contributed by atoms with van der Waals surface area (Å²) in [5.41, 5.74) is 2.03. The van der Waals surface area contributed by atoms with E-state index in [9.17, 15) is 4.79 Å². The molecule has 1 atom stereocenters. The molecular weight excluding hydrogens is 302 g/mol. The van der Waals surface area contributed by atoms with Crippen molar-refractivity contribution < 1.29 is 13.9 Å². The highest BCUT2D eigenvalue weighted by Crippen LogP contribution is 2.23. The molecule has 22 heavy (non-hydrogen) atoms. The predicted octanol–water partition coefficient (Wildman–Crippen LogP) is 2.29. The molecule has 0 bridgehead atoms. The Balaban J connectivity index is 1.87. The molecule has 0 radical (unpaired) electrons. The van der Waals surface area contributed by atoms with Crippen LogP contribution >= 0.6 is 11.8 Å². The lowest BCUT2D eigenvalue weighted by molar-refractivity contribution is -0.119. The van der Waals surface area contributed by atoms with Crippen molar-refractivity contribution in [1.29, 1.82) is 0 Å². The molecule has 0 aliphatic heterocycles. The van der Waals surface area contributed by atoms with Crippen LogP contribution in [0, 0.1) is 6.92 Å². The van der Waals surface area contributed by atoms with Crippen molar-refractivity contribution >= 4 is 17.7 Å². The zero-order chi connectivity index (χ0) is 15.9. The number of aromatic nitrogens is 2. The first-order valence-corrected chi connectivity index (χ1v) is 7.88. The van der Waals surface area contributed by atoms with Crippen molar-refractivity contribution in [3.05, 3.63) is 29.8 Å². The number of thioether (sulfide) groups is 1. The van der Waals surface area contributed by atoms with Gasteiger partial charge in [-0.05, 0) is 26.0 Å². The third-order valence-corrected chi connectivity index (χ3v) is 3.67. The third kappa shape index (κ3) is 4.85. The lowest BCUT2D eigenvalue weighted by Gasteiger charge is -2.11. The van der Waals surface area contributed by atoms with Gasteiger partial charge in [0.05, 0.1) is 12.4 Å². The number of methoxy groups -OCH3 is 1. The van der Waals surface area contributed by atoms with E-state index in [0.29, 0.717) is 17.7 Å².